The zero-order valence-electron chi connectivity index (χ0n) is 18.7. The van der Waals surface area contributed by atoms with E-state index in [-0.39, 0.29) is 5.91 Å². The van der Waals surface area contributed by atoms with Crippen LogP contribution in [-0.4, -0.2) is 31.9 Å². The Labute approximate surface area is 193 Å². The van der Waals surface area contributed by atoms with Crippen LogP contribution in [0.15, 0.2) is 89.5 Å². The molecule has 0 fully saturated rings. The summed E-state index contributed by atoms with van der Waals surface area (Å²) in [5, 5.41) is 5.85. The van der Waals surface area contributed by atoms with Gasteiger partial charge in [-0.3, -0.25) is 4.79 Å². The third-order valence-electron chi connectivity index (χ3n) is 5.12. The summed E-state index contributed by atoms with van der Waals surface area (Å²) < 4.78 is 17.1. The number of hydrogen-bond acceptors (Lipinski definition) is 5. The maximum Gasteiger partial charge on any atom is 0.280 e. The summed E-state index contributed by atoms with van der Waals surface area (Å²) in [5.41, 5.74) is 2.79. The second kappa shape index (κ2) is 10.5. The van der Waals surface area contributed by atoms with Crippen molar-refractivity contribution in [1.29, 1.82) is 0 Å². The van der Waals surface area contributed by atoms with Crippen LogP contribution in [0.2, 0.25) is 0 Å². The van der Waals surface area contributed by atoms with E-state index in [0.717, 1.165) is 23.4 Å². The Kier molecular flexibility index (Phi) is 7.05. The highest BCUT2D eigenvalue weighted by atomic mass is 16.5. The smallest absolute Gasteiger partial charge is 0.280 e. The maximum absolute atomic E-state index is 12.9. The third kappa shape index (κ3) is 5.41. The predicted octanol–water partition coefficient (Wildman–Crippen LogP) is 5.35. The van der Waals surface area contributed by atoms with Gasteiger partial charge < -0.3 is 14.2 Å². The Balaban J connectivity index is 1.39. The number of rotatable bonds is 9. The summed E-state index contributed by atoms with van der Waals surface area (Å²) in [6.07, 6.45) is 2.56. The van der Waals surface area contributed by atoms with E-state index in [1.807, 2.05) is 91.9 Å². The van der Waals surface area contributed by atoms with Gasteiger partial charge in [-0.1, -0.05) is 42.5 Å². The molecule has 0 atom stereocenters. The number of amides is 1. The zero-order valence-corrected chi connectivity index (χ0v) is 18.7. The van der Waals surface area contributed by atoms with Crippen molar-refractivity contribution in [3.8, 4) is 17.2 Å². The molecule has 0 spiro atoms. The lowest BCUT2D eigenvalue weighted by molar-refractivity contribution is -0.114. The summed E-state index contributed by atoms with van der Waals surface area (Å²) in [6, 6.07) is 24.7. The van der Waals surface area contributed by atoms with Crippen molar-refractivity contribution in [2.75, 3.05) is 25.3 Å². The molecule has 1 heterocycles. The van der Waals surface area contributed by atoms with Gasteiger partial charge in [0.25, 0.3) is 5.91 Å². The number of methoxy groups -OCH3 is 1. The van der Waals surface area contributed by atoms with E-state index in [0.29, 0.717) is 36.0 Å². The topological polar surface area (TPSA) is 60.4 Å². The van der Waals surface area contributed by atoms with Crippen LogP contribution in [0.3, 0.4) is 0 Å². The first-order valence-electron chi connectivity index (χ1n) is 10.8. The largest absolute Gasteiger partial charge is 0.493 e. The summed E-state index contributed by atoms with van der Waals surface area (Å²) in [6.45, 7) is 2.90. The molecule has 0 saturated carbocycles. The normalized spacial score (nSPS) is 14.4. The highest BCUT2D eigenvalue weighted by Crippen LogP contribution is 2.30. The minimum absolute atomic E-state index is 0.156. The molecule has 6 heteroatoms. The molecule has 4 rings (SSSR count). The molecule has 6 nitrogen and oxygen atoms in total. The summed E-state index contributed by atoms with van der Waals surface area (Å²) in [4.78, 5) is 12.9. The fourth-order valence-electron chi connectivity index (χ4n) is 3.44. The Morgan fingerprint density at radius 2 is 1.58 bits per heavy atom. The number of para-hydroxylation sites is 2. The molecule has 0 bridgehead atoms. The molecule has 1 aliphatic rings. The van der Waals surface area contributed by atoms with E-state index >= 15 is 0 Å². The van der Waals surface area contributed by atoms with E-state index in [4.69, 9.17) is 14.2 Å². The van der Waals surface area contributed by atoms with Gasteiger partial charge in [0.2, 0.25) is 0 Å². The van der Waals surface area contributed by atoms with E-state index in [1.54, 1.807) is 7.11 Å². The predicted molar refractivity (Wildman–Crippen MR) is 130 cm³/mol. The fraction of sp³-hybridized carbons (Fsp3) is 0.185. The average molecular weight is 443 g/mol. The average Bonchev–Trinajstić information content (AvgIpc) is 3.14. The molecule has 0 radical (unpaired) electrons. The zero-order chi connectivity index (χ0) is 23.0. The molecular formula is C27H26N2O4. The van der Waals surface area contributed by atoms with Crippen molar-refractivity contribution in [3.63, 3.8) is 0 Å². The number of benzene rings is 3. The first-order valence-corrected chi connectivity index (χ1v) is 10.8. The van der Waals surface area contributed by atoms with Crippen LogP contribution in [0.5, 0.6) is 17.2 Å². The molecule has 33 heavy (non-hydrogen) atoms. The Morgan fingerprint density at radius 3 is 2.30 bits per heavy atom. The van der Waals surface area contributed by atoms with Gasteiger partial charge in [0.15, 0.2) is 11.5 Å². The van der Waals surface area contributed by atoms with Gasteiger partial charge in [0, 0.05) is 6.42 Å². The van der Waals surface area contributed by atoms with E-state index in [9.17, 15) is 4.79 Å². The third-order valence-corrected chi connectivity index (χ3v) is 5.12. The van der Waals surface area contributed by atoms with Crippen LogP contribution in [0.25, 0.3) is 6.08 Å². The highest BCUT2D eigenvalue weighted by Gasteiger charge is 2.28. The van der Waals surface area contributed by atoms with E-state index in [2.05, 4.69) is 5.10 Å². The number of anilines is 1. The summed E-state index contributed by atoms with van der Waals surface area (Å²) in [7, 11) is 1.60. The Bertz CT molecular complexity index is 1160. The summed E-state index contributed by atoms with van der Waals surface area (Å²) >= 11 is 0. The van der Waals surface area contributed by atoms with Gasteiger partial charge >= 0.3 is 0 Å². The molecule has 1 amide bonds. The van der Waals surface area contributed by atoms with E-state index < -0.39 is 0 Å². The quantitative estimate of drug-likeness (QED) is 0.331. The van der Waals surface area contributed by atoms with Gasteiger partial charge in [0.1, 0.15) is 5.75 Å². The van der Waals surface area contributed by atoms with Crippen molar-refractivity contribution < 1.29 is 19.0 Å². The van der Waals surface area contributed by atoms with E-state index in [1.165, 1.54) is 5.01 Å². The van der Waals surface area contributed by atoms with Crippen molar-refractivity contribution in [2.45, 2.75) is 13.3 Å². The lowest BCUT2D eigenvalue weighted by atomic mass is 10.1. The first kappa shape index (κ1) is 22.1. The Morgan fingerprint density at radius 1 is 0.879 bits per heavy atom. The molecule has 168 valence electrons. The lowest BCUT2D eigenvalue weighted by Gasteiger charge is -2.12. The van der Waals surface area contributed by atoms with Crippen molar-refractivity contribution >= 4 is 23.4 Å². The molecule has 3 aromatic carbocycles. The number of carbonyl (C=O) groups is 1. The van der Waals surface area contributed by atoms with Crippen molar-refractivity contribution in [3.05, 3.63) is 90.0 Å². The van der Waals surface area contributed by atoms with Gasteiger partial charge in [-0.2, -0.15) is 10.1 Å². The van der Waals surface area contributed by atoms with Gasteiger partial charge in [0.05, 0.1) is 37.3 Å². The van der Waals surface area contributed by atoms with Crippen LogP contribution in [0, 0.1) is 0 Å². The molecular weight excluding hydrogens is 416 g/mol. The van der Waals surface area contributed by atoms with Crippen LogP contribution < -0.4 is 19.2 Å². The number of ether oxygens (including phenoxy) is 3. The van der Waals surface area contributed by atoms with Crippen LogP contribution in [-0.2, 0) is 4.79 Å². The van der Waals surface area contributed by atoms with Crippen molar-refractivity contribution in [2.24, 2.45) is 5.10 Å². The van der Waals surface area contributed by atoms with Gasteiger partial charge in [-0.05, 0) is 55.0 Å². The molecule has 0 unspecified atom stereocenters. The molecule has 3 aromatic rings. The maximum atomic E-state index is 12.9. The number of hydrazone groups is 1. The van der Waals surface area contributed by atoms with Crippen LogP contribution in [0.1, 0.15) is 18.9 Å². The van der Waals surface area contributed by atoms with Crippen LogP contribution >= 0.6 is 0 Å². The van der Waals surface area contributed by atoms with Crippen LogP contribution in [0.4, 0.5) is 5.69 Å². The summed E-state index contributed by atoms with van der Waals surface area (Å²) in [5.74, 6) is 1.94. The van der Waals surface area contributed by atoms with Gasteiger partial charge in [-0.25, -0.2) is 0 Å². The molecule has 1 aliphatic heterocycles. The molecule has 0 saturated heterocycles. The second-order valence-corrected chi connectivity index (χ2v) is 7.47. The molecule has 0 N–H and O–H groups in total. The SMILES string of the molecule is COc1cc(/C=C2\C(=O)N(c3ccccc3)N=C2C)ccc1OCCCOc1ccccc1. The number of hydrogen-bond donors (Lipinski definition) is 0. The fourth-order valence-corrected chi connectivity index (χ4v) is 3.44. The molecule has 0 aliphatic carbocycles. The van der Waals surface area contributed by atoms with Crippen molar-refractivity contribution in [1.82, 2.24) is 0 Å². The van der Waals surface area contributed by atoms with Gasteiger partial charge in [-0.15, -0.1) is 0 Å². The molecule has 0 aromatic heterocycles. The monoisotopic (exact) mass is 442 g/mol. The first-order chi connectivity index (χ1) is 16.2. The Hall–Kier alpha value is -4.06. The minimum atomic E-state index is -0.156. The minimum Gasteiger partial charge on any atom is -0.493 e. The standard InChI is InChI=1S/C27H26N2O4/c1-20-24(27(30)29(28-20)22-10-5-3-6-11-22)18-21-14-15-25(26(19-21)31-2)33-17-9-16-32-23-12-7-4-8-13-23/h3-8,10-15,18-19H,9,16-17H2,1-2H3/b24-18-. The lowest BCUT2D eigenvalue weighted by Crippen LogP contribution is -2.21. The second-order valence-electron chi connectivity index (χ2n) is 7.47. The highest BCUT2D eigenvalue weighted by molar-refractivity contribution is 6.32. The number of carbonyl (C=O) groups excluding carboxylic acids is 1. The number of nitrogens with zero attached hydrogens (tertiary/aromatic N) is 2.